The Morgan fingerprint density at radius 1 is 0.893 bits per heavy atom. The number of aromatic amines is 1. The van der Waals surface area contributed by atoms with Crippen LogP contribution in [0.4, 0.5) is 0 Å². The van der Waals surface area contributed by atoms with Crippen LogP contribution in [0.5, 0.6) is 0 Å². The van der Waals surface area contributed by atoms with Crippen LogP contribution in [0, 0.1) is 53.8 Å². The number of aromatic nitrogens is 1. The molecule has 1 heterocycles. The molecule has 0 spiro atoms. The minimum absolute atomic E-state index is 0. The summed E-state index contributed by atoms with van der Waals surface area (Å²) in [5, 5.41) is 0. The van der Waals surface area contributed by atoms with Crippen molar-refractivity contribution in [3.63, 3.8) is 0 Å². The number of hydrogen-bond acceptors (Lipinski definition) is 0. The van der Waals surface area contributed by atoms with Gasteiger partial charge in [0.2, 0.25) is 0 Å². The van der Waals surface area contributed by atoms with Crippen molar-refractivity contribution in [1.82, 2.24) is 4.98 Å². The van der Waals surface area contributed by atoms with Crippen LogP contribution in [0.15, 0.2) is 36.6 Å². The first kappa shape index (κ1) is 56.6. The molecule has 0 aromatic carbocycles. The molecule has 1 aromatic heterocycles. The van der Waals surface area contributed by atoms with E-state index in [4.69, 9.17) is 0 Å². The van der Waals surface area contributed by atoms with Crippen LogP contribution in [-0.4, -0.2) is 8.19 Å². The van der Waals surface area contributed by atoms with E-state index in [0.29, 0.717) is 0 Å². The zero-order chi connectivity index (χ0) is 17.8. The molecule has 1 nitrogen and oxygen atoms in total. The topological polar surface area (TPSA) is 15.8 Å². The number of nitrogens with one attached hydrogen (secondary N) is 1. The first-order valence-corrected chi connectivity index (χ1v) is 8.69. The number of hydrogen-bond donors (Lipinski definition) is 1. The maximum absolute atomic E-state index is 2.99. The van der Waals surface area contributed by atoms with Gasteiger partial charge < -0.3 is 46.5 Å². The standard InChI is InChI=1S/C5H5.C4H4N.2C4H9.C3H6.4CH3.2ClH.Zr/c2*1-2-4-5-3-1;2*1-4(2)3;1-3-2;;;;;;;/h1-3H,4H2;1-3,5H;2*1-3H3;1-2H3;4*1H3;2*1H;/q4*-1;;4*-1;;;. The van der Waals surface area contributed by atoms with Gasteiger partial charge in [0, 0.05) is 0 Å². The Balaban J connectivity index is -0.0000000220. The van der Waals surface area contributed by atoms with Gasteiger partial charge in [-0.15, -0.1) is 37.4 Å². The molecule has 0 radical (unpaired) electrons. The average molecular weight is 512 g/mol. The maximum atomic E-state index is 2.99. The zero-order valence-corrected chi connectivity index (χ0v) is 24.6. The Morgan fingerprint density at radius 3 is 1.32 bits per heavy atom. The number of halogens is 2. The maximum Gasteiger partial charge on any atom is -0.108 e. The Kier molecular flexibility index (Phi) is 102. The molecule has 174 valence electrons. The van der Waals surface area contributed by atoms with Gasteiger partial charge in [-0.3, -0.25) is 6.08 Å². The van der Waals surface area contributed by atoms with Gasteiger partial charge in [0.05, 0.1) is 0 Å². The van der Waals surface area contributed by atoms with Crippen LogP contribution < -0.4 is 0 Å². The third kappa shape index (κ3) is 161. The Hall–Kier alpha value is 0.0931. The van der Waals surface area contributed by atoms with Crippen molar-refractivity contribution in [2.75, 3.05) is 0 Å². The first-order valence-electron chi connectivity index (χ1n) is 7.46. The first-order chi connectivity index (χ1) is 10.2. The summed E-state index contributed by atoms with van der Waals surface area (Å²) in [6.07, 6.45) is 14.6. The van der Waals surface area contributed by atoms with E-state index in [0.717, 1.165) is 6.42 Å². The van der Waals surface area contributed by atoms with Crippen LogP contribution in [0.2, 0.25) is 0 Å². The fourth-order valence-corrected chi connectivity index (χ4v) is 0.581. The van der Waals surface area contributed by atoms with Crippen LogP contribution >= 0.6 is 24.8 Å². The summed E-state index contributed by atoms with van der Waals surface area (Å²) in [5.41, 5.74) is 0. The predicted molar refractivity (Wildman–Crippen MR) is 138 cm³/mol. The summed E-state index contributed by atoms with van der Waals surface area (Å²) in [7, 11) is 0. The normalized spacial score (nSPS) is 8.04. The molecule has 2 rings (SSSR count). The third-order valence-electron chi connectivity index (χ3n) is 1.03. The second kappa shape index (κ2) is 50.6. The van der Waals surface area contributed by atoms with Crippen LogP contribution in [-0.2, 0) is 24.2 Å². The van der Waals surface area contributed by atoms with E-state index in [1.54, 1.807) is 24.2 Å². The van der Waals surface area contributed by atoms with Crippen molar-refractivity contribution in [3.8, 4) is 0 Å². The van der Waals surface area contributed by atoms with E-state index in [2.05, 4.69) is 78.7 Å². The molecule has 28 heavy (non-hydrogen) atoms. The SMILES string of the molecule is C[C-](C)C.C[C-](C)C.C[C](C)=[Zr].Cl.Cl.[C-]1=CC=CC1.[CH3-].[CH3-].[CH3-].[CH3-].[c-]1ccc[nH]1. The average Bonchev–Trinajstić information content (AvgIpc) is 3.06. The van der Waals surface area contributed by atoms with Gasteiger partial charge in [-0.25, -0.2) is 12.2 Å². The quantitative estimate of drug-likeness (QED) is 0.335. The molecule has 0 atom stereocenters. The molecule has 0 fully saturated rings. The summed E-state index contributed by atoms with van der Waals surface area (Å²) in [4.78, 5) is 2.74. The smallest absolute Gasteiger partial charge is 0.108 e. The Labute approximate surface area is 208 Å². The van der Waals surface area contributed by atoms with E-state index in [-0.39, 0.29) is 54.5 Å². The number of rotatable bonds is 0. The molecular formula is C24H47Cl2NZr-8. The fourth-order valence-electron chi connectivity index (χ4n) is 0.581. The zero-order valence-electron chi connectivity index (χ0n) is 20.5. The van der Waals surface area contributed by atoms with Crippen LogP contribution in [0.1, 0.15) is 61.8 Å². The van der Waals surface area contributed by atoms with Crippen LogP contribution in [0.25, 0.3) is 0 Å². The number of allylic oxidation sites excluding steroid dienone is 4. The summed E-state index contributed by atoms with van der Waals surface area (Å²) < 4.78 is 1.51. The van der Waals surface area contributed by atoms with Gasteiger partial charge in [0.15, 0.2) is 0 Å². The van der Waals surface area contributed by atoms with E-state index >= 15 is 0 Å². The minimum Gasteiger partial charge on any atom is -0.484 e. The molecule has 0 unspecified atom stereocenters. The van der Waals surface area contributed by atoms with Gasteiger partial charge in [-0.2, -0.15) is 65.9 Å². The van der Waals surface area contributed by atoms with Gasteiger partial charge >= 0.3 is 41.3 Å². The molecule has 1 N–H and O–H groups in total. The molecule has 0 amide bonds. The van der Waals surface area contributed by atoms with Crippen molar-refractivity contribution in [2.24, 2.45) is 0 Å². The number of H-pyrrole nitrogens is 1. The molecule has 0 aliphatic heterocycles. The van der Waals surface area contributed by atoms with Gasteiger partial charge in [0.1, 0.15) is 0 Å². The van der Waals surface area contributed by atoms with Crippen molar-refractivity contribution in [2.45, 2.75) is 61.8 Å². The Morgan fingerprint density at radius 2 is 1.25 bits per heavy atom. The second-order valence-electron chi connectivity index (χ2n) is 5.82. The summed E-state index contributed by atoms with van der Waals surface area (Å²) in [5.74, 6) is 2.83. The molecule has 1 aliphatic rings. The van der Waals surface area contributed by atoms with E-state index in [1.807, 2.05) is 30.5 Å². The summed E-state index contributed by atoms with van der Waals surface area (Å²) in [6.45, 7) is 16.7. The third-order valence-corrected chi connectivity index (χ3v) is 1.03. The summed E-state index contributed by atoms with van der Waals surface area (Å²) in [6, 6.07) is 3.71. The summed E-state index contributed by atoms with van der Waals surface area (Å²) >= 11 is 1.55. The minimum atomic E-state index is 0. The van der Waals surface area contributed by atoms with E-state index in [9.17, 15) is 0 Å². The van der Waals surface area contributed by atoms with Gasteiger partial charge in [-0.05, 0) is 0 Å². The molecule has 1 aliphatic carbocycles. The second-order valence-corrected chi connectivity index (χ2v) is 8.28. The Bertz CT molecular complexity index is 314. The van der Waals surface area contributed by atoms with Crippen molar-refractivity contribution >= 4 is 28.0 Å². The van der Waals surface area contributed by atoms with Gasteiger partial charge in [-0.1, -0.05) is 0 Å². The molecule has 1 aromatic rings. The molecular weight excluding hydrogens is 464 g/mol. The monoisotopic (exact) mass is 509 g/mol. The van der Waals surface area contributed by atoms with E-state index < -0.39 is 0 Å². The van der Waals surface area contributed by atoms with E-state index in [1.165, 1.54) is 15.0 Å². The predicted octanol–water partition coefficient (Wildman–Crippen LogP) is 8.75. The molecule has 0 saturated carbocycles. The van der Waals surface area contributed by atoms with Crippen LogP contribution in [0.3, 0.4) is 0 Å². The van der Waals surface area contributed by atoms with Crippen molar-refractivity contribution < 1.29 is 24.2 Å². The molecule has 0 bridgehead atoms. The largest absolute Gasteiger partial charge is 0.484 e. The van der Waals surface area contributed by atoms with Gasteiger partial charge in [0.25, 0.3) is 0 Å². The molecule has 0 saturated heterocycles. The molecule has 4 heteroatoms. The fraction of sp³-hybridized carbons (Fsp3) is 0.375. The van der Waals surface area contributed by atoms with Crippen molar-refractivity contribution in [3.05, 3.63) is 90.4 Å². The van der Waals surface area contributed by atoms with Crippen molar-refractivity contribution in [1.29, 1.82) is 0 Å².